The van der Waals surface area contributed by atoms with Gasteiger partial charge in [0, 0.05) is 6.61 Å². The van der Waals surface area contributed by atoms with Crippen LogP contribution in [0.5, 0.6) is 0 Å². The van der Waals surface area contributed by atoms with E-state index in [1.54, 1.807) is 0 Å². The van der Waals surface area contributed by atoms with Crippen LogP contribution in [-0.2, 0) is 14.2 Å². The van der Waals surface area contributed by atoms with E-state index in [1.165, 1.54) is 6.92 Å². The van der Waals surface area contributed by atoms with Crippen molar-refractivity contribution in [3.05, 3.63) is 0 Å². The molecule has 0 saturated heterocycles. The molecule has 102 valence electrons. The van der Waals surface area contributed by atoms with Gasteiger partial charge in [-0.05, 0) is 6.92 Å². The van der Waals surface area contributed by atoms with Gasteiger partial charge in [0.1, 0.15) is 6.61 Å². The zero-order valence-electron chi connectivity index (χ0n) is 8.85. The van der Waals surface area contributed by atoms with E-state index in [2.05, 4.69) is 14.2 Å². The second-order valence-corrected chi connectivity index (χ2v) is 2.94. The van der Waals surface area contributed by atoms with Crippen molar-refractivity contribution in [1.29, 1.82) is 0 Å². The van der Waals surface area contributed by atoms with Crippen LogP contribution >= 0.6 is 0 Å². The second-order valence-electron chi connectivity index (χ2n) is 2.94. The molecule has 0 radical (unpaired) electrons. The molecule has 0 bridgehead atoms. The summed E-state index contributed by atoms with van der Waals surface area (Å²) in [6, 6.07) is 0. The Morgan fingerprint density at radius 1 is 1.00 bits per heavy atom. The molecule has 0 aliphatic rings. The van der Waals surface area contributed by atoms with Gasteiger partial charge in [0.15, 0.2) is 13.2 Å². The zero-order chi connectivity index (χ0) is 13.5. The van der Waals surface area contributed by atoms with Gasteiger partial charge in [-0.15, -0.1) is 0 Å². The summed E-state index contributed by atoms with van der Waals surface area (Å²) < 4.78 is 71.9. The van der Waals surface area contributed by atoms with Crippen molar-refractivity contribution >= 4 is 6.16 Å². The van der Waals surface area contributed by atoms with Crippen molar-refractivity contribution in [2.24, 2.45) is 0 Å². The smallest absolute Gasteiger partial charge is 0.428 e. The molecule has 0 N–H and O–H groups in total. The minimum absolute atomic E-state index is 0.0358. The first kappa shape index (κ1) is 15.9. The Hall–Kier alpha value is -1.12. The van der Waals surface area contributed by atoms with Gasteiger partial charge in [0.05, 0.1) is 0 Å². The molecule has 4 nitrogen and oxygen atoms in total. The monoisotopic (exact) mass is 266 g/mol. The molecule has 0 aliphatic carbocycles. The number of hydrogen-bond donors (Lipinski definition) is 0. The van der Waals surface area contributed by atoms with Crippen LogP contribution in [0.4, 0.5) is 26.7 Å². The van der Waals surface area contributed by atoms with E-state index in [0.717, 1.165) is 0 Å². The van der Waals surface area contributed by atoms with Crippen LogP contribution in [-0.4, -0.2) is 44.7 Å². The first-order valence-corrected chi connectivity index (χ1v) is 4.48. The van der Waals surface area contributed by atoms with E-state index in [0.29, 0.717) is 0 Å². The molecule has 17 heavy (non-hydrogen) atoms. The van der Waals surface area contributed by atoms with Crippen molar-refractivity contribution in [3.63, 3.8) is 0 Å². The number of hydrogen-bond acceptors (Lipinski definition) is 4. The lowest BCUT2D eigenvalue weighted by Gasteiger charge is -2.16. The van der Waals surface area contributed by atoms with Crippen molar-refractivity contribution in [3.8, 4) is 0 Å². The number of ether oxygens (including phenoxy) is 3. The average Bonchev–Trinajstić information content (AvgIpc) is 2.20. The van der Waals surface area contributed by atoms with Crippen molar-refractivity contribution in [1.82, 2.24) is 0 Å². The lowest BCUT2D eigenvalue weighted by molar-refractivity contribution is -0.170. The number of rotatable bonds is 6. The summed E-state index contributed by atoms with van der Waals surface area (Å²) in [5.74, 6) is -3.47. The number of halogens is 5. The Kier molecular flexibility index (Phi) is 6.14. The summed E-state index contributed by atoms with van der Waals surface area (Å²) >= 11 is 0. The minimum atomic E-state index is -4.73. The molecule has 0 rings (SSSR count). The van der Waals surface area contributed by atoms with Crippen LogP contribution in [0.3, 0.4) is 0 Å². The van der Waals surface area contributed by atoms with E-state index in [9.17, 15) is 26.7 Å². The predicted molar refractivity (Wildman–Crippen MR) is 44.8 cm³/mol. The molecule has 0 aromatic carbocycles. The predicted octanol–water partition coefficient (Wildman–Crippen LogP) is 2.37. The molecule has 0 atom stereocenters. The highest BCUT2D eigenvalue weighted by Crippen LogP contribution is 2.16. The SMILES string of the molecule is CCOCC(F)(F)COC(=O)OCC(F)(F)F. The van der Waals surface area contributed by atoms with Crippen LogP contribution in [0.25, 0.3) is 0 Å². The number of alkyl halides is 5. The van der Waals surface area contributed by atoms with Gasteiger partial charge >= 0.3 is 18.3 Å². The Balaban J connectivity index is 3.83. The van der Waals surface area contributed by atoms with Crippen LogP contribution in [0.1, 0.15) is 6.92 Å². The van der Waals surface area contributed by atoms with Gasteiger partial charge < -0.3 is 14.2 Å². The minimum Gasteiger partial charge on any atom is -0.428 e. The van der Waals surface area contributed by atoms with Crippen molar-refractivity contribution in [2.45, 2.75) is 19.0 Å². The number of carbonyl (C=O) groups is 1. The van der Waals surface area contributed by atoms with Gasteiger partial charge in [0.25, 0.3) is 0 Å². The first-order valence-electron chi connectivity index (χ1n) is 4.48. The quantitative estimate of drug-likeness (QED) is 0.547. The molecule has 0 fully saturated rings. The zero-order valence-corrected chi connectivity index (χ0v) is 8.85. The van der Waals surface area contributed by atoms with Crippen LogP contribution in [0.15, 0.2) is 0 Å². The third-order valence-corrected chi connectivity index (χ3v) is 1.27. The standard InChI is InChI=1S/C8H11F5O4/c1-2-15-3-7(9,10)4-16-6(14)17-5-8(11,12)13/h2-5H2,1H3. The van der Waals surface area contributed by atoms with E-state index in [1.807, 2.05) is 0 Å². The summed E-state index contributed by atoms with van der Waals surface area (Å²) in [7, 11) is 0. The van der Waals surface area contributed by atoms with Crippen molar-refractivity contribution < 1.29 is 41.0 Å². The Morgan fingerprint density at radius 2 is 1.53 bits per heavy atom. The van der Waals surface area contributed by atoms with Crippen LogP contribution in [0, 0.1) is 0 Å². The van der Waals surface area contributed by atoms with Crippen LogP contribution in [0.2, 0.25) is 0 Å². The van der Waals surface area contributed by atoms with Gasteiger partial charge in [-0.2, -0.15) is 13.2 Å². The van der Waals surface area contributed by atoms with Gasteiger partial charge in [0.2, 0.25) is 0 Å². The first-order chi connectivity index (χ1) is 7.66. The van der Waals surface area contributed by atoms with Gasteiger partial charge in [-0.25, -0.2) is 13.6 Å². The van der Waals surface area contributed by atoms with E-state index in [4.69, 9.17) is 0 Å². The number of carbonyl (C=O) groups excluding carboxylic acids is 1. The van der Waals surface area contributed by atoms with E-state index in [-0.39, 0.29) is 6.61 Å². The lowest BCUT2D eigenvalue weighted by atomic mass is 10.4. The molecular weight excluding hydrogens is 255 g/mol. The third kappa shape index (κ3) is 9.79. The molecule has 9 heteroatoms. The van der Waals surface area contributed by atoms with Crippen LogP contribution < -0.4 is 0 Å². The summed E-state index contributed by atoms with van der Waals surface area (Å²) in [6.45, 7) is -2.76. The highest BCUT2D eigenvalue weighted by atomic mass is 19.4. The van der Waals surface area contributed by atoms with Crippen molar-refractivity contribution in [2.75, 3.05) is 26.4 Å². The fourth-order valence-corrected chi connectivity index (χ4v) is 0.640. The average molecular weight is 266 g/mol. The van der Waals surface area contributed by atoms with Gasteiger partial charge in [-0.1, -0.05) is 0 Å². The topological polar surface area (TPSA) is 44.8 Å². The molecule has 0 saturated carbocycles. The Labute approximate surface area is 93.6 Å². The molecule has 0 aromatic heterocycles. The second kappa shape index (κ2) is 6.58. The summed E-state index contributed by atoms with van der Waals surface area (Å²) in [5, 5.41) is 0. The molecule has 0 aliphatic heterocycles. The summed E-state index contributed by atoms with van der Waals surface area (Å²) in [6.07, 6.45) is -6.54. The molecule has 0 spiro atoms. The Bertz CT molecular complexity index is 241. The maximum Gasteiger partial charge on any atom is 0.508 e. The molecule has 0 aromatic rings. The molecule has 0 amide bonds. The maximum absolute atomic E-state index is 12.8. The largest absolute Gasteiger partial charge is 0.508 e. The summed E-state index contributed by atoms with van der Waals surface area (Å²) in [4.78, 5) is 10.5. The Morgan fingerprint density at radius 3 is 2.00 bits per heavy atom. The molecule has 0 unspecified atom stereocenters. The lowest BCUT2D eigenvalue weighted by Crippen LogP contribution is -2.32. The fourth-order valence-electron chi connectivity index (χ4n) is 0.640. The highest BCUT2D eigenvalue weighted by molar-refractivity contribution is 5.59. The van der Waals surface area contributed by atoms with E-state index >= 15 is 0 Å². The molecule has 0 heterocycles. The molecular formula is C8H11F5O4. The fraction of sp³-hybridized carbons (Fsp3) is 0.875. The highest BCUT2D eigenvalue weighted by Gasteiger charge is 2.33. The third-order valence-electron chi connectivity index (χ3n) is 1.27. The normalized spacial score (nSPS) is 12.4. The summed E-state index contributed by atoms with van der Waals surface area (Å²) in [5.41, 5.74) is 0. The van der Waals surface area contributed by atoms with E-state index < -0.39 is 38.1 Å². The van der Waals surface area contributed by atoms with Gasteiger partial charge in [-0.3, -0.25) is 0 Å². The maximum atomic E-state index is 12.8.